The van der Waals surface area contributed by atoms with Gasteiger partial charge in [-0.1, -0.05) is 49.2 Å². The smallest absolute Gasteiger partial charge is 0.254 e. The monoisotopic (exact) mass is 404 g/mol. The molecule has 0 aliphatic carbocycles. The molecule has 1 heterocycles. The van der Waals surface area contributed by atoms with Crippen molar-refractivity contribution in [2.45, 2.75) is 32.7 Å². The Hall–Kier alpha value is -2.04. The quantitative estimate of drug-likeness (QED) is 0.722. The third kappa shape index (κ3) is 3.97. The van der Waals surface area contributed by atoms with Gasteiger partial charge in [0.2, 0.25) is 5.91 Å². The zero-order valence-electron chi connectivity index (χ0n) is 15.6. The zero-order chi connectivity index (χ0) is 19.7. The van der Waals surface area contributed by atoms with Gasteiger partial charge in [-0.25, -0.2) is 0 Å². The van der Waals surface area contributed by atoms with E-state index in [0.717, 1.165) is 5.69 Å². The highest BCUT2D eigenvalue weighted by atomic mass is 35.5. The molecule has 0 bridgehead atoms. The van der Waals surface area contributed by atoms with E-state index < -0.39 is 6.04 Å². The molecule has 2 aromatic carbocycles. The topological polar surface area (TPSA) is 40.6 Å². The van der Waals surface area contributed by atoms with Crippen molar-refractivity contribution in [2.75, 3.05) is 18.0 Å². The van der Waals surface area contributed by atoms with Crippen LogP contribution in [0.3, 0.4) is 0 Å². The van der Waals surface area contributed by atoms with Gasteiger partial charge in [-0.05, 0) is 48.7 Å². The predicted molar refractivity (Wildman–Crippen MR) is 110 cm³/mol. The second-order valence-corrected chi connectivity index (χ2v) is 7.85. The number of nitrogens with zero attached hydrogens (tertiary/aromatic N) is 2. The maximum Gasteiger partial charge on any atom is 0.254 e. The van der Waals surface area contributed by atoms with Crippen molar-refractivity contribution in [2.24, 2.45) is 0 Å². The summed E-state index contributed by atoms with van der Waals surface area (Å²) in [6, 6.07) is 12.2. The molecule has 0 spiro atoms. The molecular formula is C21H22Cl2N2O2. The molecule has 1 aliphatic heterocycles. The molecule has 0 saturated carbocycles. The molecular weight excluding hydrogens is 383 g/mol. The van der Waals surface area contributed by atoms with Gasteiger partial charge in [0, 0.05) is 24.3 Å². The number of benzene rings is 2. The highest BCUT2D eigenvalue weighted by Gasteiger charge is 2.35. The minimum atomic E-state index is -0.550. The Labute approximate surface area is 169 Å². The second-order valence-electron chi connectivity index (χ2n) is 7.04. The van der Waals surface area contributed by atoms with Crippen molar-refractivity contribution >= 4 is 40.7 Å². The van der Waals surface area contributed by atoms with E-state index in [4.69, 9.17) is 23.2 Å². The van der Waals surface area contributed by atoms with Crippen LogP contribution in [0.15, 0.2) is 42.5 Å². The molecule has 0 N–H and O–H groups in total. The fourth-order valence-electron chi connectivity index (χ4n) is 3.24. The fourth-order valence-corrected chi connectivity index (χ4v) is 3.54. The number of anilines is 1. The molecule has 3 rings (SSSR count). The van der Waals surface area contributed by atoms with Crippen molar-refractivity contribution in [3.63, 3.8) is 0 Å². The van der Waals surface area contributed by atoms with Gasteiger partial charge in [0.05, 0.1) is 10.0 Å². The Morgan fingerprint density at radius 2 is 1.70 bits per heavy atom. The van der Waals surface area contributed by atoms with Crippen LogP contribution >= 0.6 is 23.2 Å². The van der Waals surface area contributed by atoms with E-state index in [1.807, 2.05) is 24.3 Å². The summed E-state index contributed by atoms with van der Waals surface area (Å²) < 4.78 is 0. The van der Waals surface area contributed by atoms with Gasteiger partial charge < -0.3 is 9.80 Å². The summed E-state index contributed by atoms with van der Waals surface area (Å²) in [4.78, 5) is 29.1. The van der Waals surface area contributed by atoms with E-state index in [0.29, 0.717) is 34.6 Å². The lowest BCUT2D eigenvalue weighted by molar-refractivity contribution is -0.124. The summed E-state index contributed by atoms with van der Waals surface area (Å²) in [7, 11) is 0. The van der Waals surface area contributed by atoms with E-state index in [1.165, 1.54) is 5.56 Å². The van der Waals surface area contributed by atoms with Crippen LogP contribution in [0, 0.1) is 0 Å². The van der Waals surface area contributed by atoms with E-state index in [2.05, 4.69) is 13.8 Å². The third-order valence-electron chi connectivity index (χ3n) is 4.95. The number of hydrogen-bond donors (Lipinski definition) is 0. The molecule has 6 heteroatoms. The fraction of sp³-hybridized carbons (Fsp3) is 0.333. The van der Waals surface area contributed by atoms with E-state index in [-0.39, 0.29) is 11.8 Å². The Morgan fingerprint density at radius 1 is 1.04 bits per heavy atom. The Bertz CT molecular complexity index is 865. The van der Waals surface area contributed by atoms with Crippen molar-refractivity contribution < 1.29 is 9.59 Å². The number of piperazine rings is 1. The highest BCUT2D eigenvalue weighted by molar-refractivity contribution is 6.42. The van der Waals surface area contributed by atoms with Gasteiger partial charge >= 0.3 is 0 Å². The van der Waals surface area contributed by atoms with Crippen LogP contribution in [0.4, 0.5) is 5.69 Å². The molecule has 142 valence electrons. The van der Waals surface area contributed by atoms with Crippen molar-refractivity contribution in [1.29, 1.82) is 0 Å². The van der Waals surface area contributed by atoms with Crippen LogP contribution in [0.1, 0.15) is 42.6 Å². The minimum absolute atomic E-state index is 0.0908. The molecule has 1 fully saturated rings. The molecule has 2 amide bonds. The Kier molecular flexibility index (Phi) is 5.78. The standard InChI is InChI=1S/C21H22Cl2N2O2/c1-13(2)15-4-7-17(8-5-15)25-11-10-24(14(3)20(25)26)21(27)16-6-9-18(22)19(23)12-16/h4-9,12-14H,10-11H2,1-3H3. The number of hydrogen-bond acceptors (Lipinski definition) is 2. The molecule has 2 aromatic rings. The summed E-state index contributed by atoms with van der Waals surface area (Å²) in [5, 5.41) is 0.720. The summed E-state index contributed by atoms with van der Waals surface area (Å²) in [6.45, 7) is 6.94. The largest absolute Gasteiger partial charge is 0.325 e. The lowest BCUT2D eigenvalue weighted by Gasteiger charge is -2.39. The maximum atomic E-state index is 12.9. The van der Waals surface area contributed by atoms with Gasteiger partial charge in [-0.2, -0.15) is 0 Å². The predicted octanol–water partition coefficient (Wildman–Crippen LogP) is 4.99. The molecule has 4 nitrogen and oxygen atoms in total. The molecule has 27 heavy (non-hydrogen) atoms. The van der Waals surface area contributed by atoms with Crippen molar-refractivity contribution in [1.82, 2.24) is 4.90 Å². The number of halogens is 2. The van der Waals surface area contributed by atoms with Crippen molar-refractivity contribution in [3.8, 4) is 0 Å². The molecule has 0 radical (unpaired) electrons. The van der Waals surface area contributed by atoms with E-state index in [9.17, 15) is 9.59 Å². The van der Waals surface area contributed by atoms with Crippen LogP contribution < -0.4 is 4.90 Å². The number of rotatable bonds is 3. The lowest BCUT2D eigenvalue weighted by atomic mass is 10.0. The first-order chi connectivity index (χ1) is 12.8. The van der Waals surface area contributed by atoms with Crippen LogP contribution in [0.25, 0.3) is 0 Å². The van der Waals surface area contributed by atoms with Crippen LogP contribution in [-0.2, 0) is 4.79 Å². The normalized spacial score (nSPS) is 17.6. The molecule has 0 aromatic heterocycles. The van der Waals surface area contributed by atoms with Gasteiger partial charge in [0.15, 0.2) is 0 Å². The zero-order valence-corrected chi connectivity index (χ0v) is 17.1. The van der Waals surface area contributed by atoms with Crippen LogP contribution in [-0.4, -0.2) is 35.8 Å². The van der Waals surface area contributed by atoms with E-state index >= 15 is 0 Å². The summed E-state index contributed by atoms with van der Waals surface area (Å²) in [6.07, 6.45) is 0. The molecule has 1 atom stereocenters. The first kappa shape index (κ1) is 19.7. The molecule has 1 saturated heterocycles. The van der Waals surface area contributed by atoms with Crippen LogP contribution in [0.2, 0.25) is 10.0 Å². The third-order valence-corrected chi connectivity index (χ3v) is 5.69. The number of amides is 2. The average molecular weight is 405 g/mol. The highest BCUT2D eigenvalue weighted by Crippen LogP contribution is 2.26. The van der Waals surface area contributed by atoms with Crippen molar-refractivity contribution in [3.05, 3.63) is 63.6 Å². The maximum absolute atomic E-state index is 12.9. The first-order valence-electron chi connectivity index (χ1n) is 8.97. The van der Waals surface area contributed by atoms with Gasteiger partial charge in [0.25, 0.3) is 5.91 Å². The number of carbonyl (C=O) groups excluding carboxylic acids is 2. The SMILES string of the molecule is CC(C)c1ccc(N2CCN(C(=O)c3ccc(Cl)c(Cl)c3)C(C)C2=O)cc1. The summed E-state index contributed by atoms with van der Waals surface area (Å²) in [5.41, 5.74) is 2.52. The first-order valence-corrected chi connectivity index (χ1v) is 9.72. The Balaban J connectivity index is 1.77. The minimum Gasteiger partial charge on any atom is -0.325 e. The second kappa shape index (κ2) is 7.91. The average Bonchev–Trinajstić information content (AvgIpc) is 2.65. The van der Waals surface area contributed by atoms with Gasteiger partial charge in [0.1, 0.15) is 6.04 Å². The van der Waals surface area contributed by atoms with Crippen LogP contribution in [0.5, 0.6) is 0 Å². The molecule has 1 unspecified atom stereocenters. The van der Waals surface area contributed by atoms with Gasteiger partial charge in [-0.15, -0.1) is 0 Å². The lowest BCUT2D eigenvalue weighted by Crippen LogP contribution is -2.57. The summed E-state index contributed by atoms with van der Waals surface area (Å²) in [5.74, 6) is 0.130. The van der Waals surface area contributed by atoms with E-state index in [1.54, 1.807) is 34.9 Å². The van der Waals surface area contributed by atoms with Gasteiger partial charge in [-0.3, -0.25) is 9.59 Å². The number of carbonyl (C=O) groups is 2. The molecule has 1 aliphatic rings. The Morgan fingerprint density at radius 3 is 2.30 bits per heavy atom. The summed E-state index contributed by atoms with van der Waals surface area (Å²) >= 11 is 11.9.